The monoisotopic (exact) mass is 251 g/mol. The van der Waals surface area contributed by atoms with Crippen molar-refractivity contribution in [2.24, 2.45) is 0 Å². The second kappa shape index (κ2) is 8.17. The lowest BCUT2D eigenvalue weighted by molar-refractivity contribution is 0.585. The van der Waals surface area contributed by atoms with Crippen LogP contribution < -0.4 is 5.73 Å². The van der Waals surface area contributed by atoms with Crippen molar-refractivity contribution in [3.63, 3.8) is 0 Å². The normalized spacial score (nSPS) is 11.3. The van der Waals surface area contributed by atoms with Crippen molar-refractivity contribution in [3.8, 4) is 0 Å². The highest BCUT2D eigenvalue weighted by molar-refractivity contribution is 5.44. The van der Waals surface area contributed by atoms with Crippen LogP contribution in [0.4, 0.5) is 5.82 Å². The van der Waals surface area contributed by atoms with Crippen molar-refractivity contribution in [2.45, 2.75) is 78.1 Å². The van der Waals surface area contributed by atoms with Crippen molar-refractivity contribution >= 4 is 5.82 Å². The summed E-state index contributed by atoms with van der Waals surface area (Å²) in [4.78, 5) is 0. The Morgan fingerprint density at radius 3 is 2.28 bits per heavy atom. The number of aromatic amines is 1. The van der Waals surface area contributed by atoms with Crippen LogP contribution in [0.2, 0.25) is 0 Å². The molecule has 3 nitrogen and oxygen atoms in total. The molecule has 1 aromatic heterocycles. The van der Waals surface area contributed by atoms with Crippen LogP contribution in [0.15, 0.2) is 0 Å². The van der Waals surface area contributed by atoms with Crippen molar-refractivity contribution in [3.05, 3.63) is 11.3 Å². The van der Waals surface area contributed by atoms with Crippen molar-refractivity contribution in [1.82, 2.24) is 10.2 Å². The van der Waals surface area contributed by atoms with Gasteiger partial charge in [-0.2, -0.15) is 5.10 Å². The Balaban J connectivity index is 2.23. The Hall–Kier alpha value is -0.990. The molecule has 0 bridgehead atoms. The molecule has 0 spiro atoms. The van der Waals surface area contributed by atoms with Crippen LogP contribution in [0.25, 0.3) is 0 Å². The number of nitrogen functional groups attached to an aromatic ring is 1. The van der Waals surface area contributed by atoms with Gasteiger partial charge in [-0.3, -0.25) is 5.10 Å². The van der Waals surface area contributed by atoms with Gasteiger partial charge in [0.05, 0.1) is 0 Å². The lowest BCUT2D eigenvalue weighted by Gasteiger charge is -2.07. The van der Waals surface area contributed by atoms with Crippen LogP contribution in [-0.2, 0) is 6.42 Å². The average molecular weight is 251 g/mol. The molecule has 3 N–H and O–H groups in total. The number of nitrogens with two attached hydrogens (primary N) is 1. The quantitative estimate of drug-likeness (QED) is 0.639. The van der Waals surface area contributed by atoms with Gasteiger partial charge in [-0.05, 0) is 18.8 Å². The Morgan fingerprint density at radius 2 is 1.67 bits per heavy atom. The number of unbranched alkanes of at least 4 members (excludes halogenated alkanes) is 6. The zero-order valence-electron chi connectivity index (χ0n) is 12.3. The Bertz CT molecular complexity index is 328. The van der Waals surface area contributed by atoms with Gasteiger partial charge in [0.25, 0.3) is 0 Å². The van der Waals surface area contributed by atoms with E-state index in [0.717, 1.165) is 6.42 Å². The molecule has 0 aliphatic heterocycles. The fraction of sp³-hybridized carbons (Fsp3) is 0.800. The molecule has 3 heteroatoms. The van der Waals surface area contributed by atoms with Gasteiger partial charge in [-0.15, -0.1) is 0 Å². The summed E-state index contributed by atoms with van der Waals surface area (Å²) in [7, 11) is 0. The highest BCUT2D eigenvalue weighted by atomic mass is 15.2. The number of H-pyrrole nitrogens is 1. The number of rotatable bonds is 9. The first-order valence-electron chi connectivity index (χ1n) is 7.49. The SMILES string of the molecule is CCCCCCCCCc1[nH]nc(N)c1C(C)C. The van der Waals surface area contributed by atoms with Gasteiger partial charge in [0, 0.05) is 11.3 Å². The first-order valence-corrected chi connectivity index (χ1v) is 7.49. The molecule has 0 aromatic carbocycles. The largest absolute Gasteiger partial charge is 0.382 e. The molecule has 104 valence electrons. The van der Waals surface area contributed by atoms with Crippen LogP contribution in [0.1, 0.15) is 82.9 Å². The van der Waals surface area contributed by atoms with Crippen LogP contribution in [0.3, 0.4) is 0 Å². The molecule has 0 saturated heterocycles. The molecule has 1 heterocycles. The highest BCUT2D eigenvalue weighted by Gasteiger charge is 2.13. The molecule has 1 aromatic rings. The molecule has 0 amide bonds. The first-order chi connectivity index (χ1) is 8.66. The molecule has 0 atom stereocenters. The smallest absolute Gasteiger partial charge is 0.148 e. The summed E-state index contributed by atoms with van der Waals surface area (Å²) in [6.07, 6.45) is 10.5. The Kier molecular flexibility index (Phi) is 6.84. The topological polar surface area (TPSA) is 54.7 Å². The fourth-order valence-corrected chi connectivity index (χ4v) is 2.50. The standard InChI is InChI=1S/C15H29N3/c1-4-5-6-7-8-9-10-11-13-14(12(2)3)15(16)18-17-13/h12H,4-11H2,1-3H3,(H3,16,17,18). The fourth-order valence-electron chi connectivity index (χ4n) is 2.50. The maximum absolute atomic E-state index is 5.89. The molecule has 0 unspecified atom stereocenters. The van der Waals surface area contributed by atoms with E-state index in [1.54, 1.807) is 0 Å². The van der Waals surface area contributed by atoms with E-state index in [1.165, 1.54) is 56.2 Å². The summed E-state index contributed by atoms with van der Waals surface area (Å²) >= 11 is 0. The van der Waals surface area contributed by atoms with Crippen LogP contribution in [0, 0.1) is 0 Å². The van der Waals surface area contributed by atoms with E-state index in [1.807, 2.05) is 0 Å². The maximum atomic E-state index is 5.89. The molecule has 18 heavy (non-hydrogen) atoms. The first kappa shape index (κ1) is 15.1. The molecule has 0 saturated carbocycles. The van der Waals surface area contributed by atoms with Gasteiger partial charge in [-0.25, -0.2) is 0 Å². The van der Waals surface area contributed by atoms with Gasteiger partial charge < -0.3 is 5.73 Å². The number of aryl methyl sites for hydroxylation is 1. The molecular weight excluding hydrogens is 222 g/mol. The summed E-state index contributed by atoms with van der Waals surface area (Å²) in [5, 5.41) is 7.22. The lowest BCUT2D eigenvalue weighted by atomic mass is 9.99. The summed E-state index contributed by atoms with van der Waals surface area (Å²) < 4.78 is 0. The predicted molar refractivity (Wildman–Crippen MR) is 78.8 cm³/mol. The summed E-state index contributed by atoms with van der Waals surface area (Å²) in [6.45, 7) is 6.61. The van der Waals surface area contributed by atoms with Crippen molar-refractivity contribution in [2.75, 3.05) is 5.73 Å². The molecule has 0 radical (unpaired) electrons. The second-order valence-corrected chi connectivity index (χ2v) is 5.53. The third-order valence-corrected chi connectivity index (χ3v) is 3.52. The molecule has 0 aliphatic carbocycles. The minimum absolute atomic E-state index is 0.461. The van der Waals surface area contributed by atoms with E-state index in [4.69, 9.17) is 5.73 Å². The average Bonchev–Trinajstić information content (AvgIpc) is 2.69. The predicted octanol–water partition coefficient (Wildman–Crippen LogP) is 4.41. The highest BCUT2D eigenvalue weighted by Crippen LogP contribution is 2.24. The van der Waals surface area contributed by atoms with Crippen LogP contribution in [-0.4, -0.2) is 10.2 Å². The zero-order chi connectivity index (χ0) is 13.4. The molecule has 0 fully saturated rings. The van der Waals surface area contributed by atoms with Crippen molar-refractivity contribution < 1.29 is 0 Å². The number of aromatic nitrogens is 2. The molecular formula is C15H29N3. The van der Waals surface area contributed by atoms with Crippen molar-refractivity contribution in [1.29, 1.82) is 0 Å². The zero-order valence-corrected chi connectivity index (χ0v) is 12.3. The maximum Gasteiger partial charge on any atom is 0.148 e. The minimum atomic E-state index is 0.461. The van der Waals surface area contributed by atoms with E-state index in [2.05, 4.69) is 31.0 Å². The van der Waals surface area contributed by atoms with Crippen LogP contribution >= 0.6 is 0 Å². The summed E-state index contributed by atoms with van der Waals surface area (Å²) in [6, 6.07) is 0. The van der Waals surface area contributed by atoms with Gasteiger partial charge in [-0.1, -0.05) is 59.3 Å². The van der Waals surface area contributed by atoms with Crippen LogP contribution in [0.5, 0.6) is 0 Å². The lowest BCUT2D eigenvalue weighted by Crippen LogP contribution is -1.98. The number of anilines is 1. The summed E-state index contributed by atoms with van der Waals surface area (Å²) in [5.74, 6) is 1.14. The molecule has 1 rings (SSSR count). The van der Waals surface area contributed by atoms with Gasteiger partial charge in [0.15, 0.2) is 0 Å². The van der Waals surface area contributed by atoms with E-state index in [9.17, 15) is 0 Å². The van der Waals surface area contributed by atoms with Gasteiger partial charge >= 0.3 is 0 Å². The Labute approximate surface area is 112 Å². The Morgan fingerprint density at radius 1 is 1.06 bits per heavy atom. The van der Waals surface area contributed by atoms with E-state index in [0.29, 0.717) is 11.7 Å². The number of nitrogens with zero attached hydrogens (tertiary/aromatic N) is 1. The van der Waals surface area contributed by atoms with Gasteiger partial charge in [0.1, 0.15) is 5.82 Å². The number of hydrogen-bond acceptors (Lipinski definition) is 2. The number of nitrogens with one attached hydrogen (secondary N) is 1. The third kappa shape index (κ3) is 4.71. The van der Waals surface area contributed by atoms with E-state index >= 15 is 0 Å². The number of hydrogen-bond donors (Lipinski definition) is 2. The third-order valence-electron chi connectivity index (χ3n) is 3.52. The minimum Gasteiger partial charge on any atom is -0.382 e. The molecule has 0 aliphatic rings. The van der Waals surface area contributed by atoms with E-state index in [-0.39, 0.29) is 0 Å². The van der Waals surface area contributed by atoms with Gasteiger partial charge in [0.2, 0.25) is 0 Å². The second-order valence-electron chi connectivity index (χ2n) is 5.53. The van der Waals surface area contributed by atoms with E-state index < -0.39 is 0 Å². The summed E-state index contributed by atoms with van der Waals surface area (Å²) in [5.41, 5.74) is 8.35.